The summed E-state index contributed by atoms with van der Waals surface area (Å²) in [6.07, 6.45) is 7.09. The molecule has 0 unspecified atom stereocenters. The van der Waals surface area contributed by atoms with Gasteiger partial charge in [0.2, 0.25) is 0 Å². The molecule has 1 saturated carbocycles. The largest absolute Gasteiger partial charge is 0.325 e. The van der Waals surface area contributed by atoms with Crippen LogP contribution in [0.3, 0.4) is 0 Å². The Morgan fingerprint density at radius 2 is 1.76 bits per heavy atom. The molecule has 0 atom stereocenters. The van der Waals surface area contributed by atoms with Crippen LogP contribution in [0, 0.1) is 0 Å². The number of rotatable bonds is 4. The summed E-state index contributed by atoms with van der Waals surface area (Å²) in [4.78, 5) is 14.9. The van der Waals surface area contributed by atoms with Crippen molar-refractivity contribution < 1.29 is 4.79 Å². The SMILES string of the molecule is C[Si](C)(C)CN(C(=O)Nc1ccccc1)C1CCCCC1. The van der Waals surface area contributed by atoms with Crippen molar-refractivity contribution in [3.8, 4) is 0 Å². The molecule has 116 valence electrons. The molecular weight excluding hydrogens is 276 g/mol. The molecule has 3 nitrogen and oxygen atoms in total. The van der Waals surface area contributed by atoms with Crippen LogP contribution in [0.1, 0.15) is 32.1 Å². The van der Waals surface area contributed by atoms with Gasteiger partial charge in [-0.1, -0.05) is 57.1 Å². The van der Waals surface area contributed by atoms with E-state index in [9.17, 15) is 4.79 Å². The summed E-state index contributed by atoms with van der Waals surface area (Å²) in [5.74, 6) is 0. The molecule has 1 fully saturated rings. The fraction of sp³-hybridized carbons (Fsp3) is 0.588. The Kier molecular flexibility index (Phi) is 5.45. The predicted octanol–water partition coefficient (Wildman–Crippen LogP) is 4.73. The summed E-state index contributed by atoms with van der Waals surface area (Å²) in [6.45, 7) is 7.00. The zero-order valence-corrected chi connectivity index (χ0v) is 14.6. The smallest absolute Gasteiger partial charge is 0.321 e. The molecule has 0 aliphatic heterocycles. The molecule has 21 heavy (non-hydrogen) atoms. The third-order valence-electron chi connectivity index (χ3n) is 3.95. The van der Waals surface area contributed by atoms with Crippen LogP contribution in [0.25, 0.3) is 0 Å². The van der Waals surface area contributed by atoms with Crippen molar-refractivity contribution in [2.75, 3.05) is 11.5 Å². The van der Waals surface area contributed by atoms with Crippen LogP contribution in [-0.2, 0) is 0 Å². The van der Waals surface area contributed by atoms with Crippen molar-refractivity contribution in [3.05, 3.63) is 30.3 Å². The number of carbonyl (C=O) groups is 1. The van der Waals surface area contributed by atoms with Gasteiger partial charge in [0.1, 0.15) is 0 Å². The summed E-state index contributed by atoms with van der Waals surface area (Å²) in [6, 6.07) is 10.3. The summed E-state index contributed by atoms with van der Waals surface area (Å²) in [7, 11) is -1.32. The van der Waals surface area contributed by atoms with Crippen LogP contribution in [-0.4, -0.2) is 31.2 Å². The van der Waals surface area contributed by atoms with E-state index in [1.807, 2.05) is 30.3 Å². The second-order valence-electron chi connectivity index (χ2n) is 7.28. The quantitative estimate of drug-likeness (QED) is 0.801. The highest BCUT2D eigenvalue weighted by Gasteiger charge is 2.29. The number of nitrogens with zero attached hydrogens (tertiary/aromatic N) is 1. The molecule has 2 amide bonds. The van der Waals surface area contributed by atoms with Gasteiger partial charge in [0, 0.05) is 17.9 Å². The number of anilines is 1. The molecule has 0 aromatic heterocycles. The second kappa shape index (κ2) is 7.12. The van der Waals surface area contributed by atoms with Gasteiger partial charge in [-0.15, -0.1) is 0 Å². The molecule has 1 aliphatic carbocycles. The fourth-order valence-electron chi connectivity index (χ4n) is 2.99. The monoisotopic (exact) mass is 304 g/mol. The Labute approximate surface area is 129 Å². The maximum absolute atomic E-state index is 12.7. The fourth-order valence-corrected chi connectivity index (χ4v) is 4.41. The number of carbonyl (C=O) groups excluding carboxylic acids is 1. The molecule has 0 bridgehead atoms. The molecule has 1 aliphatic rings. The van der Waals surface area contributed by atoms with E-state index in [1.165, 1.54) is 19.3 Å². The van der Waals surface area contributed by atoms with E-state index in [1.54, 1.807) is 0 Å². The molecule has 0 saturated heterocycles. The molecule has 0 radical (unpaired) electrons. The van der Waals surface area contributed by atoms with Gasteiger partial charge in [0.15, 0.2) is 0 Å². The lowest BCUT2D eigenvalue weighted by Gasteiger charge is -2.37. The van der Waals surface area contributed by atoms with E-state index in [0.29, 0.717) is 6.04 Å². The first-order valence-electron chi connectivity index (χ1n) is 8.08. The van der Waals surface area contributed by atoms with Crippen LogP contribution in [0.4, 0.5) is 10.5 Å². The van der Waals surface area contributed by atoms with Crippen LogP contribution in [0.5, 0.6) is 0 Å². The van der Waals surface area contributed by atoms with Gasteiger partial charge in [-0.05, 0) is 25.0 Å². The molecule has 2 rings (SSSR count). The third kappa shape index (κ3) is 5.19. The van der Waals surface area contributed by atoms with E-state index in [-0.39, 0.29) is 6.03 Å². The Bertz CT molecular complexity index is 450. The standard InChI is InChI=1S/C17H28N2OSi/c1-21(2,3)14-19(16-12-8-5-9-13-16)17(20)18-15-10-6-4-7-11-15/h4,6-7,10-11,16H,5,8-9,12-14H2,1-3H3,(H,18,20). The zero-order valence-electron chi connectivity index (χ0n) is 13.6. The van der Waals surface area contributed by atoms with Crippen molar-refractivity contribution in [2.45, 2.75) is 57.8 Å². The molecule has 0 heterocycles. The summed E-state index contributed by atoms with van der Waals surface area (Å²) >= 11 is 0. The Morgan fingerprint density at radius 1 is 1.14 bits per heavy atom. The minimum atomic E-state index is -1.32. The minimum Gasteiger partial charge on any atom is -0.325 e. The lowest BCUT2D eigenvalue weighted by Crippen LogP contribution is -2.51. The first-order valence-corrected chi connectivity index (χ1v) is 11.8. The summed E-state index contributed by atoms with van der Waals surface area (Å²) < 4.78 is 0. The van der Waals surface area contributed by atoms with Gasteiger partial charge in [0.05, 0.1) is 8.07 Å². The Balaban J connectivity index is 2.08. The van der Waals surface area contributed by atoms with Crippen molar-refractivity contribution in [3.63, 3.8) is 0 Å². The highest BCUT2D eigenvalue weighted by atomic mass is 28.3. The zero-order chi connectivity index (χ0) is 15.3. The molecular formula is C17H28N2OSi. The number of hydrogen-bond acceptors (Lipinski definition) is 1. The lowest BCUT2D eigenvalue weighted by atomic mass is 9.95. The van der Waals surface area contributed by atoms with Gasteiger partial charge in [-0.25, -0.2) is 4.79 Å². The predicted molar refractivity (Wildman–Crippen MR) is 92.4 cm³/mol. The third-order valence-corrected chi connectivity index (χ3v) is 5.24. The van der Waals surface area contributed by atoms with Crippen molar-refractivity contribution in [2.24, 2.45) is 0 Å². The number of nitrogens with one attached hydrogen (secondary N) is 1. The van der Waals surface area contributed by atoms with E-state index in [4.69, 9.17) is 0 Å². The van der Waals surface area contributed by atoms with Gasteiger partial charge >= 0.3 is 6.03 Å². The first-order chi connectivity index (χ1) is 9.96. The molecule has 1 aromatic rings. The molecule has 4 heteroatoms. The minimum absolute atomic E-state index is 0.0792. The Morgan fingerprint density at radius 3 is 2.33 bits per heavy atom. The maximum atomic E-state index is 12.7. The van der Waals surface area contributed by atoms with Crippen molar-refractivity contribution in [1.29, 1.82) is 0 Å². The Hall–Kier alpha value is -1.29. The number of amides is 2. The maximum Gasteiger partial charge on any atom is 0.321 e. The number of benzene rings is 1. The van der Waals surface area contributed by atoms with E-state index < -0.39 is 8.07 Å². The molecule has 1 N–H and O–H groups in total. The van der Waals surface area contributed by atoms with Crippen LogP contribution >= 0.6 is 0 Å². The molecule has 0 spiro atoms. The van der Waals surface area contributed by atoms with Crippen LogP contribution < -0.4 is 5.32 Å². The van der Waals surface area contributed by atoms with Gasteiger partial charge in [-0.2, -0.15) is 0 Å². The highest BCUT2D eigenvalue weighted by Crippen LogP contribution is 2.24. The summed E-state index contributed by atoms with van der Waals surface area (Å²) in [5.41, 5.74) is 0.888. The van der Waals surface area contributed by atoms with Crippen molar-refractivity contribution >= 4 is 19.8 Å². The molecule has 1 aromatic carbocycles. The van der Waals surface area contributed by atoms with E-state index in [0.717, 1.165) is 24.7 Å². The number of urea groups is 1. The topological polar surface area (TPSA) is 32.3 Å². The van der Waals surface area contributed by atoms with Gasteiger partial charge < -0.3 is 10.2 Å². The number of hydrogen-bond donors (Lipinski definition) is 1. The van der Waals surface area contributed by atoms with Gasteiger partial charge in [0.25, 0.3) is 0 Å². The van der Waals surface area contributed by atoms with Crippen molar-refractivity contribution in [1.82, 2.24) is 4.90 Å². The normalized spacial score (nSPS) is 16.5. The first kappa shape index (κ1) is 16.1. The second-order valence-corrected chi connectivity index (χ2v) is 12.7. The van der Waals surface area contributed by atoms with Gasteiger partial charge in [-0.3, -0.25) is 0 Å². The highest BCUT2D eigenvalue weighted by molar-refractivity contribution is 6.76. The van der Waals surface area contributed by atoms with E-state index >= 15 is 0 Å². The van der Waals surface area contributed by atoms with Crippen LogP contribution in [0.2, 0.25) is 19.6 Å². The lowest BCUT2D eigenvalue weighted by molar-refractivity contribution is 0.179. The average Bonchev–Trinajstić information content (AvgIpc) is 2.46. The number of para-hydroxylation sites is 1. The van der Waals surface area contributed by atoms with Crippen LogP contribution in [0.15, 0.2) is 30.3 Å². The summed E-state index contributed by atoms with van der Waals surface area (Å²) in [5, 5.41) is 3.07. The average molecular weight is 305 g/mol. The van der Waals surface area contributed by atoms with E-state index in [2.05, 4.69) is 29.9 Å².